The highest BCUT2D eigenvalue weighted by molar-refractivity contribution is 7.92. The lowest BCUT2D eigenvalue weighted by molar-refractivity contribution is 0.475. The third-order valence-electron chi connectivity index (χ3n) is 2.27. The molecule has 0 aliphatic rings. The number of hydrogen-bond donors (Lipinski definition) is 2. The molecule has 2 rings (SSSR count). The van der Waals surface area contributed by atoms with Crippen LogP contribution in [0.5, 0.6) is 5.75 Å². The largest absolute Gasteiger partial charge is 0.503 e. The van der Waals surface area contributed by atoms with E-state index in [0.717, 1.165) is 0 Å². The van der Waals surface area contributed by atoms with Gasteiger partial charge >= 0.3 is 0 Å². The number of nitrogens with zero attached hydrogens (tertiary/aromatic N) is 1. The van der Waals surface area contributed by atoms with Gasteiger partial charge in [-0.2, -0.15) is 0 Å². The molecular weight excluding hydrogens is 347 g/mol. The van der Waals surface area contributed by atoms with Crippen molar-refractivity contribution in [1.29, 1.82) is 0 Å². The van der Waals surface area contributed by atoms with E-state index in [1.54, 1.807) is 0 Å². The van der Waals surface area contributed by atoms with E-state index < -0.39 is 15.8 Å². The molecule has 0 radical (unpaired) electrons. The molecule has 106 valence electrons. The van der Waals surface area contributed by atoms with Crippen molar-refractivity contribution in [1.82, 2.24) is 4.98 Å². The molecule has 5 nitrogen and oxygen atoms in total. The number of aromatic nitrogens is 1. The van der Waals surface area contributed by atoms with Crippen LogP contribution in [0.4, 0.5) is 5.69 Å². The van der Waals surface area contributed by atoms with E-state index in [0.29, 0.717) is 0 Å². The first kappa shape index (κ1) is 15.2. The number of rotatable bonds is 3. The second kappa shape index (κ2) is 5.65. The number of aromatic hydroxyl groups is 1. The van der Waals surface area contributed by atoms with Gasteiger partial charge in [0.25, 0.3) is 10.0 Å². The number of nitrogens with one attached hydrogen (secondary N) is 1. The van der Waals surface area contributed by atoms with Crippen molar-refractivity contribution in [2.24, 2.45) is 0 Å². The Morgan fingerprint density at radius 3 is 2.30 bits per heavy atom. The minimum absolute atomic E-state index is 0.0962. The predicted octanol–water partition coefficient (Wildman–Crippen LogP) is 3.55. The van der Waals surface area contributed by atoms with Gasteiger partial charge in [0.2, 0.25) is 0 Å². The molecule has 1 aromatic carbocycles. The second-order valence-electron chi connectivity index (χ2n) is 3.71. The van der Waals surface area contributed by atoms with Gasteiger partial charge < -0.3 is 5.11 Å². The van der Waals surface area contributed by atoms with Crippen LogP contribution in [0, 0.1) is 0 Å². The van der Waals surface area contributed by atoms with Gasteiger partial charge in [-0.1, -0.05) is 34.8 Å². The zero-order chi connectivity index (χ0) is 14.9. The Labute approximate surface area is 130 Å². The Bertz CT molecular complexity index is 745. The summed E-state index contributed by atoms with van der Waals surface area (Å²) in [4.78, 5) is 3.47. The number of benzene rings is 1. The Hall–Kier alpha value is -1.21. The fourth-order valence-electron chi connectivity index (χ4n) is 1.40. The van der Waals surface area contributed by atoms with Crippen LogP contribution in [0.2, 0.25) is 15.2 Å². The molecule has 2 N–H and O–H groups in total. The highest BCUT2D eigenvalue weighted by atomic mass is 35.5. The number of pyridine rings is 1. The summed E-state index contributed by atoms with van der Waals surface area (Å²) in [6, 6.07) is 5.14. The Balaban J connectivity index is 2.43. The Morgan fingerprint density at radius 2 is 1.70 bits per heavy atom. The lowest BCUT2D eigenvalue weighted by Crippen LogP contribution is -2.13. The summed E-state index contributed by atoms with van der Waals surface area (Å²) in [5, 5.41) is 9.78. The highest BCUT2D eigenvalue weighted by Gasteiger charge is 2.18. The van der Waals surface area contributed by atoms with Gasteiger partial charge in [-0.25, -0.2) is 13.4 Å². The van der Waals surface area contributed by atoms with Crippen molar-refractivity contribution in [2.75, 3.05) is 4.72 Å². The standard InChI is InChI=1S/C11H7Cl3N2O3S/c12-6-3-7(13)5-8(4-6)20(18,19)16-9-1-2-15-11(14)10(9)17/h1-5,17H,(H,15,16). The van der Waals surface area contributed by atoms with Crippen LogP contribution in [-0.2, 0) is 10.0 Å². The maximum atomic E-state index is 12.2. The van der Waals surface area contributed by atoms with Crippen LogP contribution in [0.1, 0.15) is 0 Å². The van der Waals surface area contributed by atoms with Crippen LogP contribution >= 0.6 is 34.8 Å². The number of hydrogen-bond acceptors (Lipinski definition) is 4. The van der Waals surface area contributed by atoms with Crippen molar-refractivity contribution in [3.63, 3.8) is 0 Å². The summed E-state index contributed by atoms with van der Waals surface area (Å²) in [7, 11) is -3.96. The number of halogens is 3. The third-order valence-corrected chi connectivity index (χ3v) is 4.33. The topological polar surface area (TPSA) is 79.3 Å². The summed E-state index contributed by atoms with van der Waals surface area (Å²) >= 11 is 17.1. The van der Waals surface area contributed by atoms with E-state index in [-0.39, 0.29) is 25.8 Å². The van der Waals surface area contributed by atoms with E-state index in [9.17, 15) is 13.5 Å². The van der Waals surface area contributed by atoms with Crippen LogP contribution in [0.25, 0.3) is 0 Å². The summed E-state index contributed by atoms with van der Waals surface area (Å²) in [5.41, 5.74) is -0.0962. The Morgan fingerprint density at radius 1 is 1.10 bits per heavy atom. The van der Waals surface area contributed by atoms with Gasteiger partial charge in [0, 0.05) is 16.2 Å². The van der Waals surface area contributed by atoms with Gasteiger partial charge in [0.15, 0.2) is 10.9 Å². The van der Waals surface area contributed by atoms with Crippen molar-refractivity contribution in [2.45, 2.75) is 4.90 Å². The monoisotopic (exact) mass is 352 g/mol. The molecule has 0 spiro atoms. The highest BCUT2D eigenvalue weighted by Crippen LogP contribution is 2.31. The normalized spacial score (nSPS) is 11.3. The van der Waals surface area contributed by atoms with Crippen LogP contribution in [0.3, 0.4) is 0 Å². The molecule has 0 bridgehead atoms. The molecular formula is C11H7Cl3N2O3S. The SMILES string of the molecule is O=S(=O)(Nc1ccnc(Cl)c1O)c1cc(Cl)cc(Cl)c1. The Kier molecular flexibility index (Phi) is 4.29. The van der Waals surface area contributed by atoms with Gasteiger partial charge in [0.05, 0.1) is 10.6 Å². The van der Waals surface area contributed by atoms with Crippen LogP contribution in [-0.4, -0.2) is 18.5 Å². The van der Waals surface area contributed by atoms with Gasteiger partial charge in [-0.05, 0) is 24.3 Å². The van der Waals surface area contributed by atoms with Crippen LogP contribution in [0.15, 0.2) is 35.4 Å². The van der Waals surface area contributed by atoms with Gasteiger partial charge in [0.1, 0.15) is 0 Å². The second-order valence-corrected chi connectivity index (χ2v) is 6.62. The molecule has 20 heavy (non-hydrogen) atoms. The fourth-order valence-corrected chi connectivity index (χ4v) is 3.35. The maximum absolute atomic E-state index is 12.2. The molecule has 0 atom stereocenters. The maximum Gasteiger partial charge on any atom is 0.262 e. The molecule has 0 aliphatic carbocycles. The lowest BCUT2D eigenvalue weighted by atomic mass is 10.4. The number of anilines is 1. The minimum Gasteiger partial charge on any atom is -0.503 e. The fraction of sp³-hybridized carbons (Fsp3) is 0. The molecule has 0 aliphatic heterocycles. The molecule has 1 aromatic heterocycles. The van der Waals surface area contributed by atoms with E-state index in [1.807, 2.05) is 0 Å². The first-order valence-corrected chi connectivity index (χ1v) is 7.74. The van der Waals surface area contributed by atoms with Crippen molar-refractivity contribution in [3.05, 3.63) is 45.7 Å². The number of sulfonamides is 1. The lowest BCUT2D eigenvalue weighted by Gasteiger charge is -2.10. The van der Waals surface area contributed by atoms with Crippen LogP contribution < -0.4 is 4.72 Å². The summed E-state index contributed by atoms with van der Waals surface area (Å²) in [6.45, 7) is 0. The van der Waals surface area contributed by atoms with E-state index >= 15 is 0 Å². The van der Waals surface area contributed by atoms with Crippen molar-refractivity contribution >= 4 is 50.5 Å². The molecule has 1 heterocycles. The predicted molar refractivity (Wildman–Crippen MR) is 78.2 cm³/mol. The molecule has 2 aromatic rings. The molecule has 9 heteroatoms. The van der Waals surface area contributed by atoms with Crippen molar-refractivity contribution < 1.29 is 13.5 Å². The van der Waals surface area contributed by atoms with Gasteiger partial charge in [-0.15, -0.1) is 0 Å². The minimum atomic E-state index is -3.96. The molecule has 0 fully saturated rings. The summed E-state index contributed by atoms with van der Waals surface area (Å²) < 4.78 is 26.5. The summed E-state index contributed by atoms with van der Waals surface area (Å²) in [6.07, 6.45) is 1.25. The zero-order valence-corrected chi connectivity index (χ0v) is 12.7. The smallest absolute Gasteiger partial charge is 0.262 e. The quantitative estimate of drug-likeness (QED) is 0.827. The van der Waals surface area contributed by atoms with E-state index in [1.165, 1.54) is 30.5 Å². The molecule has 0 saturated heterocycles. The van der Waals surface area contributed by atoms with E-state index in [4.69, 9.17) is 34.8 Å². The molecule has 0 saturated carbocycles. The molecule has 0 amide bonds. The third kappa shape index (κ3) is 3.27. The van der Waals surface area contributed by atoms with Crippen molar-refractivity contribution in [3.8, 4) is 5.75 Å². The summed E-state index contributed by atoms with van der Waals surface area (Å²) in [5.74, 6) is -0.467. The molecule has 0 unspecified atom stereocenters. The first-order valence-electron chi connectivity index (χ1n) is 5.12. The first-order chi connectivity index (χ1) is 9.29. The zero-order valence-electron chi connectivity index (χ0n) is 9.64. The van der Waals surface area contributed by atoms with Gasteiger partial charge in [-0.3, -0.25) is 4.72 Å². The van der Waals surface area contributed by atoms with E-state index in [2.05, 4.69) is 9.71 Å². The average Bonchev–Trinajstić information content (AvgIpc) is 2.33. The average molecular weight is 354 g/mol.